The number of carbonyl (C=O) groups is 2. The zero-order valence-electron chi connectivity index (χ0n) is 34.8. The summed E-state index contributed by atoms with van der Waals surface area (Å²) in [4.78, 5) is 33.5. The van der Waals surface area contributed by atoms with Gasteiger partial charge in [-0.1, -0.05) is 180 Å². The van der Waals surface area contributed by atoms with Gasteiger partial charge in [0.15, 0.2) is 0 Å². The highest BCUT2D eigenvalue weighted by Gasteiger charge is 2.27. The fourth-order valence-electron chi connectivity index (χ4n) is 6.31. The van der Waals surface area contributed by atoms with E-state index in [0.717, 1.165) is 38.5 Å². The Morgan fingerprint density at radius 2 is 0.963 bits per heavy atom. The van der Waals surface area contributed by atoms with Crippen LogP contribution in [0.1, 0.15) is 213 Å². The van der Waals surface area contributed by atoms with Crippen molar-refractivity contribution < 1.29 is 42.7 Å². The van der Waals surface area contributed by atoms with E-state index in [1.54, 1.807) is 0 Å². The van der Waals surface area contributed by atoms with Crippen molar-refractivity contribution in [2.24, 2.45) is 5.73 Å². The SMILES string of the molecule is CCCCCCCCCC/C=C\CCCCCCCCCCCC(=O)OC(COCCCCCCCCCCCCC)COP(=O)(O)OCC(N)C(=O)O. The van der Waals surface area contributed by atoms with Crippen LogP contribution in [0.2, 0.25) is 0 Å². The summed E-state index contributed by atoms with van der Waals surface area (Å²) in [6.45, 7) is 3.90. The summed E-state index contributed by atoms with van der Waals surface area (Å²) >= 11 is 0. The van der Waals surface area contributed by atoms with Crippen molar-refractivity contribution in [3.8, 4) is 0 Å². The first-order valence-corrected chi connectivity index (χ1v) is 23.7. The molecule has 11 heteroatoms. The van der Waals surface area contributed by atoms with Crippen LogP contribution in [0, 0.1) is 0 Å². The number of ether oxygens (including phenoxy) is 2. The maximum atomic E-state index is 12.6. The topological polar surface area (TPSA) is 155 Å². The van der Waals surface area contributed by atoms with Crippen LogP contribution in [0.4, 0.5) is 0 Å². The third-order valence-corrected chi connectivity index (χ3v) is 10.7. The molecule has 0 heterocycles. The van der Waals surface area contributed by atoms with Gasteiger partial charge in [0.2, 0.25) is 0 Å². The molecule has 0 aromatic heterocycles. The number of hydrogen-bond donors (Lipinski definition) is 3. The number of phosphoric acid groups is 1. The second-order valence-electron chi connectivity index (χ2n) is 15.2. The molecule has 3 atom stereocenters. The molecule has 54 heavy (non-hydrogen) atoms. The van der Waals surface area contributed by atoms with Crippen molar-refractivity contribution in [1.29, 1.82) is 0 Å². The van der Waals surface area contributed by atoms with Crippen molar-refractivity contribution >= 4 is 19.8 Å². The average molecular weight is 790 g/mol. The van der Waals surface area contributed by atoms with E-state index in [0.29, 0.717) is 13.0 Å². The third-order valence-electron chi connectivity index (χ3n) is 9.79. The molecule has 0 rings (SSSR count). The van der Waals surface area contributed by atoms with Gasteiger partial charge in [-0.25, -0.2) is 4.57 Å². The van der Waals surface area contributed by atoms with Crippen molar-refractivity contribution in [2.45, 2.75) is 225 Å². The van der Waals surface area contributed by atoms with Crippen molar-refractivity contribution in [3.05, 3.63) is 12.2 Å². The fourth-order valence-corrected chi connectivity index (χ4v) is 7.08. The minimum atomic E-state index is -4.61. The Labute approximate surface area is 331 Å². The third kappa shape index (κ3) is 39.0. The van der Waals surface area contributed by atoms with Crippen LogP contribution in [0.25, 0.3) is 0 Å². The smallest absolute Gasteiger partial charge is 0.472 e. The molecule has 320 valence electrons. The number of unbranched alkanes of at least 4 members (excludes halogenated alkanes) is 27. The number of carboxylic acid groups (broad SMARTS) is 1. The van der Waals surface area contributed by atoms with Crippen LogP contribution in [0.5, 0.6) is 0 Å². The highest BCUT2D eigenvalue weighted by atomic mass is 31.2. The van der Waals surface area contributed by atoms with E-state index in [-0.39, 0.29) is 13.0 Å². The Balaban J connectivity index is 4.13. The number of nitrogens with two attached hydrogens (primary N) is 1. The molecule has 0 aromatic rings. The Morgan fingerprint density at radius 3 is 1.41 bits per heavy atom. The van der Waals surface area contributed by atoms with E-state index in [2.05, 4.69) is 26.0 Å². The molecule has 0 radical (unpaired) electrons. The standard InChI is InChI=1S/C43H84NO9P/c1-3-5-7-9-11-13-15-16-17-18-19-20-21-22-23-24-25-27-29-31-33-35-42(45)53-40(38-51-54(48,49)52-39-41(44)43(46)47)37-50-36-34-32-30-28-26-14-12-10-8-6-4-2/h18-19,40-41H,3-17,20-39,44H2,1-2H3,(H,46,47)(H,48,49)/b19-18-. The first-order chi connectivity index (χ1) is 26.2. The molecule has 10 nitrogen and oxygen atoms in total. The Kier molecular flexibility index (Phi) is 39.0. The number of allylic oxidation sites excluding steroid dienone is 2. The van der Waals surface area contributed by atoms with E-state index in [1.165, 1.54) is 148 Å². The molecule has 4 N–H and O–H groups in total. The van der Waals surface area contributed by atoms with Crippen LogP contribution in [0.15, 0.2) is 12.2 Å². The molecule has 0 saturated carbocycles. The molecule has 0 amide bonds. The first kappa shape index (κ1) is 52.7. The van der Waals surface area contributed by atoms with E-state index < -0.39 is 45.1 Å². The largest absolute Gasteiger partial charge is 0.480 e. The van der Waals surface area contributed by atoms with Gasteiger partial charge in [0.25, 0.3) is 0 Å². The normalized spacial score (nSPS) is 14.0. The van der Waals surface area contributed by atoms with Gasteiger partial charge in [0.1, 0.15) is 12.1 Å². The molecule has 3 unspecified atom stereocenters. The highest BCUT2D eigenvalue weighted by Crippen LogP contribution is 2.43. The van der Waals surface area contributed by atoms with Gasteiger partial charge in [-0.15, -0.1) is 0 Å². The predicted octanol–water partition coefficient (Wildman–Crippen LogP) is 12.1. The molecule has 0 aliphatic heterocycles. The summed E-state index contributed by atoms with van der Waals surface area (Å²) < 4.78 is 33.3. The summed E-state index contributed by atoms with van der Waals surface area (Å²) in [5.41, 5.74) is 5.35. The van der Waals surface area contributed by atoms with Crippen LogP contribution >= 0.6 is 7.82 Å². The highest BCUT2D eigenvalue weighted by molar-refractivity contribution is 7.47. The first-order valence-electron chi connectivity index (χ1n) is 22.2. The molecular weight excluding hydrogens is 705 g/mol. The summed E-state index contributed by atoms with van der Waals surface area (Å²) in [5.74, 6) is -1.77. The molecule has 0 aliphatic carbocycles. The number of phosphoric ester groups is 1. The Bertz CT molecular complexity index is 919. The number of aliphatic carboxylic acids is 1. The molecular formula is C43H84NO9P. The molecule has 0 fully saturated rings. The Hall–Kier alpha value is -1.29. The van der Waals surface area contributed by atoms with Crippen LogP contribution in [0.3, 0.4) is 0 Å². The minimum absolute atomic E-state index is 0.0216. The van der Waals surface area contributed by atoms with Crippen LogP contribution in [-0.4, -0.2) is 60.5 Å². The molecule has 0 aliphatic rings. The summed E-state index contributed by atoms with van der Waals surface area (Å²) in [7, 11) is -4.61. The van der Waals surface area contributed by atoms with Crippen LogP contribution < -0.4 is 5.73 Å². The van der Waals surface area contributed by atoms with E-state index in [4.69, 9.17) is 29.4 Å². The minimum Gasteiger partial charge on any atom is -0.480 e. The monoisotopic (exact) mass is 790 g/mol. The van der Waals surface area contributed by atoms with Gasteiger partial charge in [-0.2, -0.15) is 0 Å². The molecule has 0 spiro atoms. The molecule has 0 bridgehead atoms. The van der Waals surface area contributed by atoms with Crippen LogP contribution in [-0.2, 0) is 32.7 Å². The molecule has 0 saturated heterocycles. The number of carbonyl (C=O) groups excluding carboxylic acids is 1. The van der Waals surface area contributed by atoms with Gasteiger partial charge in [0.05, 0.1) is 19.8 Å². The lowest BCUT2D eigenvalue weighted by atomic mass is 10.1. The van der Waals surface area contributed by atoms with Gasteiger partial charge in [-0.05, 0) is 38.5 Å². The lowest BCUT2D eigenvalue weighted by Gasteiger charge is -2.20. The predicted molar refractivity (Wildman–Crippen MR) is 222 cm³/mol. The van der Waals surface area contributed by atoms with E-state index in [1.807, 2.05) is 0 Å². The van der Waals surface area contributed by atoms with Gasteiger partial charge < -0.3 is 25.2 Å². The number of carboxylic acids is 1. The fraction of sp³-hybridized carbons (Fsp3) is 0.907. The molecule has 0 aromatic carbocycles. The Morgan fingerprint density at radius 1 is 0.574 bits per heavy atom. The second kappa shape index (κ2) is 39.9. The van der Waals surface area contributed by atoms with E-state index in [9.17, 15) is 19.0 Å². The summed E-state index contributed by atoms with van der Waals surface area (Å²) in [6, 6.07) is -1.47. The number of rotatable bonds is 43. The van der Waals surface area contributed by atoms with E-state index >= 15 is 0 Å². The van der Waals surface area contributed by atoms with Crippen molar-refractivity contribution in [1.82, 2.24) is 0 Å². The lowest BCUT2D eigenvalue weighted by Crippen LogP contribution is -2.34. The van der Waals surface area contributed by atoms with Gasteiger partial charge >= 0.3 is 19.8 Å². The zero-order chi connectivity index (χ0) is 39.8. The number of esters is 1. The second-order valence-corrected chi connectivity index (χ2v) is 16.6. The summed E-state index contributed by atoms with van der Waals surface area (Å²) in [6.07, 6.45) is 41.2. The van der Waals surface area contributed by atoms with Gasteiger partial charge in [0, 0.05) is 13.0 Å². The number of hydrogen-bond acceptors (Lipinski definition) is 8. The van der Waals surface area contributed by atoms with Crippen molar-refractivity contribution in [2.75, 3.05) is 26.4 Å². The zero-order valence-corrected chi connectivity index (χ0v) is 35.7. The quantitative estimate of drug-likeness (QED) is 0.0235. The van der Waals surface area contributed by atoms with Gasteiger partial charge in [-0.3, -0.25) is 18.6 Å². The summed E-state index contributed by atoms with van der Waals surface area (Å²) in [5, 5.41) is 8.88. The lowest BCUT2D eigenvalue weighted by molar-refractivity contribution is -0.154. The maximum absolute atomic E-state index is 12.6. The van der Waals surface area contributed by atoms with Crippen molar-refractivity contribution in [3.63, 3.8) is 0 Å². The average Bonchev–Trinajstić information content (AvgIpc) is 3.15. The maximum Gasteiger partial charge on any atom is 0.472 e.